The first kappa shape index (κ1) is 11.5. The van der Waals surface area contributed by atoms with E-state index in [2.05, 4.69) is 23.7 Å². The maximum atomic E-state index is 10.3. The number of rotatable bonds is 1. The zero-order chi connectivity index (χ0) is 11.5. The average molecular weight is 221 g/mol. The molecule has 0 amide bonds. The highest BCUT2D eigenvalue weighted by Gasteiger charge is 2.35. The summed E-state index contributed by atoms with van der Waals surface area (Å²) in [6, 6.07) is 1.36. The fourth-order valence-electron chi connectivity index (χ4n) is 2.80. The zero-order valence-corrected chi connectivity index (χ0v) is 9.78. The lowest BCUT2D eigenvalue weighted by molar-refractivity contribution is -0.130. The molecule has 3 nitrogen and oxygen atoms in total. The summed E-state index contributed by atoms with van der Waals surface area (Å²) in [5, 5.41) is 8.45. The van der Waals surface area contributed by atoms with Crippen LogP contribution in [0.2, 0.25) is 0 Å². The standard InChI is InChI=1S/C13H19NO2/c1-10-4-2-3-7-14(10)12-8-11(9-12)5-6-13(15)16/h10-12H,2-4,7-9H2,1H3,(H,15,16). The molecule has 0 aromatic carbocycles. The molecule has 0 spiro atoms. The predicted molar refractivity (Wildman–Crippen MR) is 61.9 cm³/mol. The normalized spacial score (nSPS) is 34.7. The Balaban J connectivity index is 1.79. The lowest BCUT2D eigenvalue weighted by Gasteiger charge is -2.46. The minimum atomic E-state index is -1.00. The quantitative estimate of drug-likeness (QED) is 0.685. The van der Waals surface area contributed by atoms with Crippen molar-refractivity contribution in [3.05, 3.63) is 0 Å². The van der Waals surface area contributed by atoms with Crippen molar-refractivity contribution in [2.45, 2.75) is 51.1 Å². The molecule has 1 heterocycles. The number of carboxylic acids is 1. The van der Waals surface area contributed by atoms with Gasteiger partial charge in [0.15, 0.2) is 0 Å². The summed E-state index contributed by atoms with van der Waals surface area (Å²) >= 11 is 0. The summed E-state index contributed by atoms with van der Waals surface area (Å²) in [6.45, 7) is 3.51. The van der Waals surface area contributed by atoms with E-state index in [1.165, 1.54) is 25.8 Å². The summed E-state index contributed by atoms with van der Waals surface area (Å²) in [5.41, 5.74) is 0. The molecule has 2 fully saturated rings. The van der Waals surface area contributed by atoms with Crippen LogP contribution in [0.4, 0.5) is 0 Å². The number of aliphatic carboxylic acids is 1. The molecular formula is C13H19NO2. The number of nitrogens with zero attached hydrogens (tertiary/aromatic N) is 1. The van der Waals surface area contributed by atoms with Crippen molar-refractivity contribution in [1.82, 2.24) is 4.90 Å². The van der Waals surface area contributed by atoms with Gasteiger partial charge in [0.1, 0.15) is 0 Å². The van der Waals surface area contributed by atoms with Crippen molar-refractivity contribution >= 4 is 5.97 Å². The lowest BCUT2D eigenvalue weighted by atomic mass is 9.78. The first-order valence-electron chi connectivity index (χ1n) is 6.17. The van der Waals surface area contributed by atoms with Crippen molar-refractivity contribution in [3.63, 3.8) is 0 Å². The second-order valence-electron chi connectivity index (χ2n) is 4.98. The number of hydrogen-bond acceptors (Lipinski definition) is 2. The molecule has 1 atom stereocenters. The molecule has 0 aromatic heterocycles. The highest BCUT2D eigenvalue weighted by atomic mass is 16.4. The Hall–Kier alpha value is -1.01. The molecule has 0 aromatic rings. The molecule has 1 aliphatic heterocycles. The molecule has 2 aliphatic rings. The summed E-state index contributed by atoms with van der Waals surface area (Å²) in [7, 11) is 0. The first-order chi connectivity index (χ1) is 7.66. The van der Waals surface area contributed by atoms with Crippen molar-refractivity contribution in [2.75, 3.05) is 6.54 Å². The fourth-order valence-corrected chi connectivity index (χ4v) is 2.80. The van der Waals surface area contributed by atoms with Gasteiger partial charge in [-0.3, -0.25) is 4.90 Å². The number of carboxylic acid groups (broad SMARTS) is 1. The van der Waals surface area contributed by atoms with Gasteiger partial charge in [-0.05, 0) is 39.2 Å². The number of carbonyl (C=O) groups is 1. The van der Waals surface area contributed by atoms with Gasteiger partial charge in [-0.2, -0.15) is 0 Å². The molecule has 1 saturated heterocycles. The first-order valence-corrected chi connectivity index (χ1v) is 6.17. The minimum Gasteiger partial charge on any atom is -0.472 e. The van der Waals surface area contributed by atoms with E-state index in [0.29, 0.717) is 18.0 Å². The van der Waals surface area contributed by atoms with Crippen LogP contribution in [0.1, 0.15) is 39.0 Å². The molecule has 88 valence electrons. The van der Waals surface area contributed by atoms with Gasteiger partial charge >= 0.3 is 5.97 Å². The number of hydrogen-bond donors (Lipinski definition) is 1. The fraction of sp³-hybridized carbons (Fsp3) is 0.769. The van der Waals surface area contributed by atoms with Gasteiger partial charge in [-0.25, -0.2) is 4.79 Å². The van der Waals surface area contributed by atoms with E-state index in [9.17, 15) is 4.79 Å². The van der Waals surface area contributed by atoms with Crippen LogP contribution >= 0.6 is 0 Å². The zero-order valence-electron chi connectivity index (χ0n) is 9.78. The van der Waals surface area contributed by atoms with E-state index >= 15 is 0 Å². The molecule has 0 radical (unpaired) electrons. The van der Waals surface area contributed by atoms with Crippen LogP contribution in [0.25, 0.3) is 0 Å². The Bertz CT molecular complexity index is 323. The van der Waals surface area contributed by atoms with Gasteiger partial charge in [0.25, 0.3) is 0 Å². The molecule has 3 heteroatoms. The van der Waals surface area contributed by atoms with Crippen molar-refractivity contribution in [1.29, 1.82) is 0 Å². The third kappa shape index (κ3) is 2.56. The van der Waals surface area contributed by atoms with Crippen molar-refractivity contribution in [2.24, 2.45) is 5.92 Å². The van der Waals surface area contributed by atoms with Gasteiger partial charge in [-0.15, -0.1) is 0 Å². The van der Waals surface area contributed by atoms with E-state index in [4.69, 9.17) is 5.11 Å². The highest BCUT2D eigenvalue weighted by Crippen LogP contribution is 2.34. The van der Waals surface area contributed by atoms with Crippen LogP contribution < -0.4 is 0 Å². The van der Waals surface area contributed by atoms with Gasteiger partial charge in [0.05, 0.1) is 0 Å². The van der Waals surface area contributed by atoms with Crippen LogP contribution in [0.5, 0.6) is 0 Å². The van der Waals surface area contributed by atoms with Gasteiger partial charge in [0.2, 0.25) is 0 Å². The van der Waals surface area contributed by atoms with Crippen LogP contribution in [0, 0.1) is 17.8 Å². The Morgan fingerprint density at radius 1 is 1.38 bits per heavy atom. The second-order valence-corrected chi connectivity index (χ2v) is 4.98. The van der Waals surface area contributed by atoms with Crippen LogP contribution in [0.3, 0.4) is 0 Å². The van der Waals surface area contributed by atoms with Crippen LogP contribution in [-0.4, -0.2) is 34.6 Å². The SMILES string of the molecule is CC1CCCCN1C1CC(C#CC(=O)O)C1. The van der Waals surface area contributed by atoms with Crippen LogP contribution in [-0.2, 0) is 4.79 Å². The van der Waals surface area contributed by atoms with E-state index < -0.39 is 5.97 Å². The molecule has 1 saturated carbocycles. The summed E-state index contributed by atoms with van der Waals surface area (Å²) in [5.74, 6) is 4.37. The third-order valence-electron chi connectivity index (χ3n) is 3.82. The number of likely N-dealkylation sites (tertiary alicyclic amines) is 1. The second kappa shape index (κ2) is 4.88. The topological polar surface area (TPSA) is 40.5 Å². The Morgan fingerprint density at radius 2 is 2.12 bits per heavy atom. The maximum absolute atomic E-state index is 10.3. The van der Waals surface area contributed by atoms with E-state index in [1.54, 1.807) is 0 Å². The minimum absolute atomic E-state index is 0.315. The molecule has 1 aliphatic carbocycles. The van der Waals surface area contributed by atoms with Gasteiger partial charge in [0, 0.05) is 23.9 Å². The van der Waals surface area contributed by atoms with Crippen molar-refractivity contribution in [3.8, 4) is 11.8 Å². The molecular weight excluding hydrogens is 202 g/mol. The van der Waals surface area contributed by atoms with Gasteiger partial charge < -0.3 is 5.11 Å². The molecule has 1 unspecified atom stereocenters. The Labute approximate surface area is 96.8 Å². The summed E-state index contributed by atoms with van der Waals surface area (Å²) < 4.78 is 0. The predicted octanol–water partition coefficient (Wildman–Crippen LogP) is 1.73. The summed E-state index contributed by atoms with van der Waals surface area (Å²) in [6.07, 6.45) is 6.09. The van der Waals surface area contributed by atoms with E-state index in [0.717, 1.165) is 12.8 Å². The Kier molecular flexibility index (Phi) is 3.50. The summed E-state index contributed by atoms with van der Waals surface area (Å²) in [4.78, 5) is 12.9. The molecule has 1 N–H and O–H groups in total. The van der Waals surface area contributed by atoms with Crippen LogP contribution in [0.15, 0.2) is 0 Å². The smallest absolute Gasteiger partial charge is 0.381 e. The molecule has 0 bridgehead atoms. The van der Waals surface area contributed by atoms with E-state index in [-0.39, 0.29) is 0 Å². The molecule has 16 heavy (non-hydrogen) atoms. The Morgan fingerprint density at radius 3 is 2.75 bits per heavy atom. The molecule has 2 rings (SSSR count). The van der Waals surface area contributed by atoms with E-state index in [1.807, 2.05) is 0 Å². The highest BCUT2D eigenvalue weighted by molar-refractivity contribution is 5.86. The van der Waals surface area contributed by atoms with Crippen molar-refractivity contribution < 1.29 is 9.90 Å². The number of piperidine rings is 1. The maximum Gasteiger partial charge on any atom is 0.381 e. The monoisotopic (exact) mass is 221 g/mol. The van der Waals surface area contributed by atoms with Gasteiger partial charge in [-0.1, -0.05) is 12.3 Å². The largest absolute Gasteiger partial charge is 0.472 e. The lowest BCUT2D eigenvalue weighted by Crippen LogP contribution is -2.50. The third-order valence-corrected chi connectivity index (χ3v) is 3.82. The average Bonchev–Trinajstić information content (AvgIpc) is 2.17.